The second-order valence-corrected chi connectivity index (χ2v) is 6.19. The third-order valence-corrected chi connectivity index (χ3v) is 4.57. The van der Waals surface area contributed by atoms with Crippen molar-refractivity contribution in [1.29, 1.82) is 0 Å². The Morgan fingerprint density at radius 3 is 2.67 bits per heavy atom. The number of rotatable bonds is 3. The average Bonchev–Trinajstić information content (AvgIpc) is 2.94. The van der Waals surface area contributed by atoms with E-state index in [9.17, 15) is 14.0 Å². The van der Waals surface area contributed by atoms with Crippen LogP contribution < -0.4 is 10.2 Å². The summed E-state index contributed by atoms with van der Waals surface area (Å²) in [4.78, 5) is 26.1. The van der Waals surface area contributed by atoms with E-state index in [0.717, 1.165) is 5.56 Å². The number of benzene rings is 2. The minimum atomic E-state index is -0.457. The van der Waals surface area contributed by atoms with Crippen molar-refractivity contribution in [2.45, 2.75) is 13.3 Å². The molecular weight excluding hydrogens is 331 g/mol. The predicted octanol–water partition coefficient (Wildman–Crippen LogP) is 3.78. The van der Waals surface area contributed by atoms with Crippen LogP contribution in [0.15, 0.2) is 42.5 Å². The Kier molecular flexibility index (Phi) is 4.53. The van der Waals surface area contributed by atoms with Crippen molar-refractivity contribution in [3.8, 4) is 0 Å². The third-order valence-electron chi connectivity index (χ3n) is 4.16. The highest BCUT2D eigenvalue weighted by atomic mass is 35.5. The fraction of sp³-hybridized carbons (Fsp3) is 0.222. The fourth-order valence-corrected chi connectivity index (χ4v) is 2.91. The Bertz CT molecular complexity index is 792. The lowest BCUT2D eigenvalue weighted by Gasteiger charge is -2.17. The summed E-state index contributed by atoms with van der Waals surface area (Å²) in [6.45, 7) is 2.10. The molecule has 6 heteroatoms. The SMILES string of the molecule is Cc1c(Cl)cccc1NC(=O)[C@H]1CC(=O)N(c2ccc(F)cc2)C1. The lowest BCUT2D eigenvalue weighted by Crippen LogP contribution is -2.28. The molecule has 2 aromatic carbocycles. The summed E-state index contributed by atoms with van der Waals surface area (Å²) in [6, 6.07) is 10.9. The molecule has 1 fully saturated rings. The second kappa shape index (κ2) is 6.61. The highest BCUT2D eigenvalue weighted by Crippen LogP contribution is 2.28. The van der Waals surface area contributed by atoms with E-state index in [1.807, 2.05) is 6.92 Å². The molecule has 1 saturated heterocycles. The van der Waals surface area contributed by atoms with Crippen LogP contribution in [0.5, 0.6) is 0 Å². The lowest BCUT2D eigenvalue weighted by molar-refractivity contribution is -0.122. The molecule has 2 amide bonds. The van der Waals surface area contributed by atoms with E-state index in [4.69, 9.17) is 11.6 Å². The van der Waals surface area contributed by atoms with Gasteiger partial charge in [0.15, 0.2) is 0 Å². The van der Waals surface area contributed by atoms with Gasteiger partial charge in [-0.1, -0.05) is 17.7 Å². The summed E-state index contributed by atoms with van der Waals surface area (Å²) < 4.78 is 13.0. The van der Waals surface area contributed by atoms with Gasteiger partial charge in [-0.25, -0.2) is 4.39 Å². The molecular formula is C18H16ClFN2O2. The summed E-state index contributed by atoms with van der Waals surface area (Å²) >= 11 is 6.05. The van der Waals surface area contributed by atoms with Gasteiger partial charge in [0.1, 0.15) is 5.82 Å². The topological polar surface area (TPSA) is 49.4 Å². The number of halogens is 2. The van der Waals surface area contributed by atoms with Crippen molar-refractivity contribution in [1.82, 2.24) is 0 Å². The largest absolute Gasteiger partial charge is 0.325 e. The molecule has 4 nitrogen and oxygen atoms in total. The zero-order chi connectivity index (χ0) is 17.3. The van der Waals surface area contributed by atoms with Gasteiger partial charge < -0.3 is 10.2 Å². The van der Waals surface area contributed by atoms with Crippen molar-refractivity contribution in [3.05, 3.63) is 58.9 Å². The van der Waals surface area contributed by atoms with Crippen molar-refractivity contribution < 1.29 is 14.0 Å². The van der Waals surface area contributed by atoms with Crippen LogP contribution in [0.3, 0.4) is 0 Å². The number of carbonyl (C=O) groups excluding carboxylic acids is 2. The fourth-order valence-electron chi connectivity index (χ4n) is 2.73. The van der Waals surface area contributed by atoms with E-state index in [1.54, 1.807) is 18.2 Å². The maximum atomic E-state index is 13.0. The first-order valence-electron chi connectivity index (χ1n) is 7.57. The summed E-state index contributed by atoms with van der Waals surface area (Å²) in [5.41, 5.74) is 2.02. The molecule has 0 saturated carbocycles. The van der Waals surface area contributed by atoms with Gasteiger partial charge in [0.05, 0.1) is 5.92 Å². The zero-order valence-electron chi connectivity index (χ0n) is 13.1. The lowest BCUT2D eigenvalue weighted by atomic mass is 10.1. The van der Waals surface area contributed by atoms with Gasteiger partial charge in [0.25, 0.3) is 0 Å². The maximum absolute atomic E-state index is 13.0. The van der Waals surface area contributed by atoms with Gasteiger partial charge in [-0.3, -0.25) is 9.59 Å². The van der Waals surface area contributed by atoms with Crippen LogP contribution in [0.2, 0.25) is 5.02 Å². The highest BCUT2D eigenvalue weighted by Gasteiger charge is 2.35. The number of anilines is 2. The van der Waals surface area contributed by atoms with Gasteiger partial charge in [-0.2, -0.15) is 0 Å². The van der Waals surface area contributed by atoms with E-state index in [1.165, 1.54) is 29.2 Å². The third kappa shape index (κ3) is 3.26. The molecule has 2 aromatic rings. The average molecular weight is 347 g/mol. The van der Waals surface area contributed by atoms with Crippen LogP contribution in [-0.4, -0.2) is 18.4 Å². The molecule has 0 unspecified atom stereocenters. The van der Waals surface area contributed by atoms with Crippen LogP contribution in [0.1, 0.15) is 12.0 Å². The number of hydrogen-bond acceptors (Lipinski definition) is 2. The maximum Gasteiger partial charge on any atom is 0.229 e. The molecule has 124 valence electrons. The molecule has 3 rings (SSSR count). The summed E-state index contributed by atoms with van der Waals surface area (Å²) in [7, 11) is 0. The van der Waals surface area contributed by atoms with Crippen LogP contribution in [0.25, 0.3) is 0 Å². The van der Waals surface area contributed by atoms with Gasteiger partial charge in [0, 0.05) is 29.4 Å². The number of hydrogen-bond donors (Lipinski definition) is 1. The molecule has 0 bridgehead atoms. The molecule has 1 aliphatic heterocycles. The Morgan fingerprint density at radius 2 is 1.96 bits per heavy atom. The van der Waals surface area contributed by atoms with Crippen LogP contribution in [0.4, 0.5) is 15.8 Å². The van der Waals surface area contributed by atoms with E-state index in [2.05, 4.69) is 5.32 Å². The van der Waals surface area contributed by atoms with Gasteiger partial charge in [0.2, 0.25) is 11.8 Å². The molecule has 0 aromatic heterocycles. The molecule has 1 atom stereocenters. The smallest absolute Gasteiger partial charge is 0.229 e. The van der Waals surface area contributed by atoms with E-state index in [-0.39, 0.29) is 30.6 Å². The molecule has 0 aliphatic carbocycles. The molecule has 24 heavy (non-hydrogen) atoms. The second-order valence-electron chi connectivity index (χ2n) is 5.78. The first kappa shape index (κ1) is 16.5. The van der Waals surface area contributed by atoms with E-state index >= 15 is 0 Å². The highest BCUT2D eigenvalue weighted by molar-refractivity contribution is 6.31. The molecule has 0 radical (unpaired) electrons. The van der Waals surface area contributed by atoms with Crippen molar-refractivity contribution >= 4 is 34.8 Å². The van der Waals surface area contributed by atoms with Gasteiger partial charge >= 0.3 is 0 Å². The molecule has 1 N–H and O–H groups in total. The quantitative estimate of drug-likeness (QED) is 0.919. The number of amides is 2. The van der Waals surface area contributed by atoms with Crippen LogP contribution >= 0.6 is 11.6 Å². The standard InChI is InChI=1S/C18H16ClFN2O2/c1-11-15(19)3-2-4-16(11)21-18(24)12-9-17(23)22(10-12)14-7-5-13(20)6-8-14/h2-8,12H,9-10H2,1H3,(H,21,24)/t12-/m0/s1. The predicted molar refractivity (Wildman–Crippen MR) is 91.7 cm³/mol. The normalized spacial score (nSPS) is 17.2. The van der Waals surface area contributed by atoms with E-state index < -0.39 is 5.92 Å². The molecule has 1 heterocycles. The Labute approximate surface area is 144 Å². The zero-order valence-corrected chi connectivity index (χ0v) is 13.8. The van der Waals surface area contributed by atoms with Crippen molar-refractivity contribution in [2.75, 3.05) is 16.8 Å². The first-order chi connectivity index (χ1) is 11.5. The van der Waals surface area contributed by atoms with Gasteiger partial charge in [-0.15, -0.1) is 0 Å². The monoisotopic (exact) mass is 346 g/mol. The van der Waals surface area contributed by atoms with E-state index in [0.29, 0.717) is 16.4 Å². The number of carbonyl (C=O) groups is 2. The molecule has 0 spiro atoms. The first-order valence-corrected chi connectivity index (χ1v) is 7.95. The Balaban J connectivity index is 1.72. The van der Waals surface area contributed by atoms with Crippen molar-refractivity contribution in [3.63, 3.8) is 0 Å². The van der Waals surface area contributed by atoms with Gasteiger partial charge in [-0.05, 0) is 48.9 Å². The Hall–Kier alpha value is -2.40. The van der Waals surface area contributed by atoms with Crippen molar-refractivity contribution in [2.24, 2.45) is 5.92 Å². The minimum Gasteiger partial charge on any atom is -0.325 e. The summed E-state index contributed by atoms with van der Waals surface area (Å²) in [5, 5.41) is 3.40. The molecule has 1 aliphatic rings. The Morgan fingerprint density at radius 1 is 1.25 bits per heavy atom. The van der Waals surface area contributed by atoms with Crippen LogP contribution in [-0.2, 0) is 9.59 Å². The minimum absolute atomic E-state index is 0.128. The summed E-state index contributed by atoms with van der Waals surface area (Å²) in [6.07, 6.45) is 0.128. The van der Waals surface area contributed by atoms with Crippen LogP contribution in [0, 0.1) is 18.7 Å². The number of nitrogens with one attached hydrogen (secondary N) is 1. The number of nitrogens with zero attached hydrogens (tertiary/aromatic N) is 1. The summed E-state index contributed by atoms with van der Waals surface area (Å²) in [5.74, 6) is -1.19.